The molecular weight excluding hydrogens is 283 g/mol. The second-order valence-electron chi connectivity index (χ2n) is 5.91. The fourth-order valence-electron chi connectivity index (χ4n) is 2.19. The van der Waals surface area contributed by atoms with E-state index in [-0.39, 0.29) is 5.82 Å². The second-order valence-corrected chi connectivity index (χ2v) is 7.08. The van der Waals surface area contributed by atoms with Crippen LogP contribution in [0.5, 0.6) is 0 Å². The maximum absolute atomic E-state index is 13.3. The van der Waals surface area contributed by atoms with Gasteiger partial charge in [0.2, 0.25) is 0 Å². The summed E-state index contributed by atoms with van der Waals surface area (Å²) in [5.41, 5.74) is 2.14. The average molecular weight is 306 g/mol. The summed E-state index contributed by atoms with van der Waals surface area (Å²) in [5.74, 6) is 0.223. The number of hydrogen-bond donors (Lipinski definition) is 1. The molecule has 2 rings (SSSR count). The van der Waals surface area contributed by atoms with Crippen molar-refractivity contribution >= 4 is 11.3 Å². The molecule has 0 atom stereocenters. The number of nitrogens with zero attached hydrogens (tertiary/aromatic N) is 1. The van der Waals surface area contributed by atoms with Crippen molar-refractivity contribution in [1.82, 2.24) is 10.3 Å². The zero-order chi connectivity index (χ0) is 15.4. The fraction of sp³-hybridized carbons (Fsp3) is 0.471. The van der Waals surface area contributed by atoms with Crippen molar-refractivity contribution in [2.75, 3.05) is 0 Å². The van der Waals surface area contributed by atoms with Gasteiger partial charge in [0.05, 0.1) is 10.7 Å². The number of aromatic nitrogens is 1. The third-order valence-electron chi connectivity index (χ3n) is 3.23. The van der Waals surface area contributed by atoms with E-state index in [2.05, 4.69) is 33.0 Å². The predicted octanol–water partition coefficient (Wildman–Crippen LogP) is 4.49. The Kier molecular flexibility index (Phi) is 5.48. The monoisotopic (exact) mass is 306 g/mol. The Morgan fingerprint density at radius 3 is 2.62 bits per heavy atom. The first-order valence-electron chi connectivity index (χ1n) is 7.42. The van der Waals surface area contributed by atoms with Gasteiger partial charge < -0.3 is 5.32 Å². The van der Waals surface area contributed by atoms with Gasteiger partial charge in [0.25, 0.3) is 0 Å². The van der Waals surface area contributed by atoms with Crippen molar-refractivity contribution in [2.24, 2.45) is 0 Å². The fourth-order valence-corrected chi connectivity index (χ4v) is 3.39. The molecule has 21 heavy (non-hydrogen) atoms. The van der Waals surface area contributed by atoms with Gasteiger partial charge in [-0.05, 0) is 23.6 Å². The van der Waals surface area contributed by atoms with E-state index in [9.17, 15) is 4.39 Å². The highest BCUT2D eigenvalue weighted by Crippen LogP contribution is 2.27. The Morgan fingerprint density at radius 1 is 1.24 bits per heavy atom. The summed E-state index contributed by atoms with van der Waals surface area (Å²) in [6, 6.07) is 7.22. The molecular formula is C17H23FN2S. The number of thiazole rings is 1. The maximum Gasteiger partial charge on any atom is 0.123 e. The molecule has 0 aliphatic heterocycles. The smallest absolute Gasteiger partial charge is 0.123 e. The van der Waals surface area contributed by atoms with E-state index in [4.69, 9.17) is 4.98 Å². The Morgan fingerprint density at radius 2 is 2.00 bits per heavy atom. The summed E-state index contributed by atoms with van der Waals surface area (Å²) < 4.78 is 13.3. The molecule has 0 fully saturated rings. The van der Waals surface area contributed by atoms with Crippen LogP contribution in [0.3, 0.4) is 0 Å². The van der Waals surface area contributed by atoms with Crippen LogP contribution in [0.1, 0.15) is 54.8 Å². The molecule has 0 aliphatic rings. The van der Waals surface area contributed by atoms with Crippen LogP contribution in [0.15, 0.2) is 24.3 Å². The van der Waals surface area contributed by atoms with Gasteiger partial charge in [-0.2, -0.15) is 0 Å². The molecule has 2 nitrogen and oxygen atoms in total. The van der Waals surface area contributed by atoms with Gasteiger partial charge in [0, 0.05) is 23.9 Å². The molecule has 1 heterocycles. The largest absolute Gasteiger partial charge is 0.310 e. The Hall–Kier alpha value is -1.26. The minimum atomic E-state index is -0.185. The van der Waals surface area contributed by atoms with Crippen molar-refractivity contribution in [1.29, 1.82) is 0 Å². The normalized spacial score (nSPS) is 11.6. The SMILES string of the molecule is CC(C)NCc1sc(Cc2cccc(F)c2)nc1C(C)C. The van der Waals surface area contributed by atoms with Crippen molar-refractivity contribution in [3.63, 3.8) is 0 Å². The first-order valence-corrected chi connectivity index (χ1v) is 8.23. The lowest BCUT2D eigenvalue weighted by atomic mass is 10.1. The molecule has 0 radical (unpaired) electrons. The standard InChI is InChI=1S/C17H23FN2S/c1-11(2)17-15(10-19-12(3)4)21-16(20-17)9-13-6-5-7-14(18)8-13/h5-8,11-12,19H,9-10H2,1-4H3. The van der Waals surface area contributed by atoms with Crippen molar-refractivity contribution in [3.05, 3.63) is 51.2 Å². The molecule has 0 spiro atoms. The van der Waals surface area contributed by atoms with E-state index in [1.165, 1.54) is 16.6 Å². The summed E-state index contributed by atoms with van der Waals surface area (Å²) in [4.78, 5) is 6.07. The summed E-state index contributed by atoms with van der Waals surface area (Å²) >= 11 is 1.73. The van der Waals surface area contributed by atoms with Crippen LogP contribution in [-0.4, -0.2) is 11.0 Å². The summed E-state index contributed by atoms with van der Waals surface area (Å²) in [7, 11) is 0. The molecule has 0 saturated heterocycles. The molecule has 0 unspecified atom stereocenters. The lowest BCUT2D eigenvalue weighted by molar-refractivity contribution is 0.588. The van der Waals surface area contributed by atoms with Gasteiger partial charge in [0.1, 0.15) is 5.82 Å². The Balaban J connectivity index is 2.18. The quantitative estimate of drug-likeness (QED) is 0.850. The van der Waals surface area contributed by atoms with E-state index in [1.54, 1.807) is 23.5 Å². The zero-order valence-electron chi connectivity index (χ0n) is 13.1. The van der Waals surface area contributed by atoms with Gasteiger partial charge in [-0.1, -0.05) is 39.8 Å². The minimum absolute atomic E-state index is 0.185. The maximum atomic E-state index is 13.3. The van der Waals surface area contributed by atoms with Gasteiger partial charge in [-0.3, -0.25) is 0 Å². The highest BCUT2D eigenvalue weighted by molar-refractivity contribution is 7.11. The second kappa shape index (κ2) is 7.14. The molecule has 2 aromatic rings. The Bertz CT molecular complexity index is 590. The summed E-state index contributed by atoms with van der Waals surface area (Å²) in [5, 5.41) is 4.51. The van der Waals surface area contributed by atoms with E-state index in [0.29, 0.717) is 18.4 Å². The minimum Gasteiger partial charge on any atom is -0.310 e. The van der Waals surface area contributed by atoms with Crippen molar-refractivity contribution in [3.8, 4) is 0 Å². The van der Waals surface area contributed by atoms with E-state index >= 15 is 0 Å². The molecule has 114 valence electrons. The molecule has 0 aliphatic carbocycles. The summed E-state index contributed by atoms with van der Waals surface area (Å²) in [6.45, 7) is 9.47. The highest BCUT2D eigenvalue weighted by atomic mass is 32.1. The van der Waals surface area contributed by atoms with Crippen LogP contribution in [0, 0.1) is 5.82 Å². The van der Waals surface area contributed by atoms with E-state index in [1.807, 2.05) is 6.07 Å². The van der Waals surface area contributed by atoms with E-state index in [0.717, 1.165) is 17.1 Å². The van der Waals surface area contributed by atoms with Crippen molar-refractivity contribution in [2.45, 2.75) is 52.6 Å². The van der Waals surface area contributed by atoms with E-state index < -0.39 is 0 Å². The third-order valence-corrected chi connectivity index (χ3v) is 4.31. The van der Waals surface area contributed by atoms with Crippen molar-refractivity contribution < 1.29 is 4.39 Å². The average Bonchev–Trinajstić information content (AvgIpc) is 2.79. The molecule has 1 aromatic heterocycles. The van der Waals surface area contributed by atoms with Gasteiger partial charge in [-0.25, -0.2) is 9.37 Å². The van der Waals surface area contributed by atoms with Crippen LogP contribution in [0.2, 0.25) is 0 Å². The van der Waals surface area contributed by atoms with Crippen LogP contribution in [0.25, 0.3) is 0 Å². The first-order chi connectivity index (χ1) is 9.95. The summed E-state index contributed by atoms with van der Waals surface area (Å²) in [6.07, 6.45) is 0.698. The number of benzene rings is 1. The molecule has 0 bridgehead atoms. The first kappa shape index (κ1) is 16.1. The van der Waals surface area contributed by atoms with Gasteiger partial charge >= 0.3 is 0 Å². The predicted molar refractivity (Wildman–Crippen MR) is 87.4 cm³/mol. The highest BCUT2D eigenvalue weighted by Gasteiger charge is 2.14. The lowest BCUT2D eigenvalue weighted by Gasteiger charge is -2.09. The molecule has 1 N–H and O–H groups in total. The van der Waals surface area contributed by atoms with Gasteiger partial charge in [-0.15, -0.1) is 11.3 Å². The van der Waals surface area contributed by atoms with Crippen LogP contribution < -0.4 is 5.32 Å². The number of halogens is 1. The Labute approximate surface area is 130 Å². The van der Waals surface area contributed by atoms with Crippen LogP contribution in [-0.2, 0) is 13.0 Å². The molecule has 0 amide bonds. The zero-order valence-corrected chi connectivity index (χ0v) is 13.9. The topological polar surface area (TPSA) is 24.9 Å². The number of nitrogens with one attached hydrogen (secondary N) is 1. The van der Waals surface area contributed by atoms with Crippen LogP contribution in [0.4, 0.5) is 4.39 Å². The number of rotatable bonds is 6. The molecule has 1 aromatic carbocycles. The number of hydrogen-bond acceptors (Lipinski definition) is 3. The lowest BCUT2D eigenvalue weighted by Crippen LogP contribution is -2.22. The molecule has 0 saturated carbocycles. The van der Waals surface area contributed by atoms with Gasteiger partial charge in [0.15, 0.2) is 0 Å². The van der Waals surface area contributed by atoms with Crippen LogP contribution >= 0.6 is 11.3 Å². The molecule has 4 heteroatoms. The third kappa shape index (κ3) is 4.61.